The van der Waals surface area contributed by atoms with E-state index >= 15 is 0 Å². The van der Waals surface area contributed by atoms with Crippen LogP contribution in [-0.4, -0.2) is 4.57 Å². The Morgan fingerprint density at radius 2 is 0.608 bits per heavy atom. The standard InChI is InChI=1S/C49H97N2/c1-4-7-10-13-16-19-22-24-25-26-28-31-34-37-40-43-46-51-48-47-50(45-42-39-36-33-30-21-18-15-12-9-6-3)49(51)44-41-38-35-32-29-27-23-20-17-14-11-8-5-2/h47-48H,4-46H2,1-3H3/q+1. The second-order valence-electron chi connectivity index (χ2n) is 16.9. The average Bonchev–Trinajstić information content (AvgIpc) is 3.53. The molecule has 0 radical (unpaired) electrons. The van der Waals surface area contributed by atoms with E-state index in [1.54, 1.807) is 5.82 Å². The van der Waals surface area contributed by atoms with Gasteiger partial charge in [0.25, 0.3) is 5.82 Å². The van der Waals surface area contributed by atoms with Gasteiger partial charge in [-0.15, -0.1) is 0 Å². The Kier molecular flexibility index (Phi) is 38.2. The summed E-state index contributed by atoms with van der Waals surface area (Å²) in [6.45, 7) is 9.42. The molecule has 1 heterocycles. The minimum atomic E-state index is 1.23. The minimum absolute atomic E-state index is 1.23. The number of rotatable bonds is 43. The van der Waals surface area contributed by atoms with E-state index in [0.29, 0.717) is 0 Å². The van der Waals surface area contributed by atoms with Crippen molar-refractivity contribution in [2.75, 3.05) is 0 Å². The van der Waals surface area contributed by atoms with Crippen molar-refractivity contribution < 1.29 is 4.57 Å². The molecular formula is C49H97N2+. The Morgan fingerprint density at radius 3 is 0.941 bits per heavy atom. The highest BCUT2D eigenvalue weighted by molar-refractivity contribution is 4.84. The molecule has 0 aliphatic heterocycles. The summed E-state index contributed by atoms with van der Waals surface area (Å²) in [4.78, 5) is 0. The molecule has 51 heavy (non-hydrogen) atoms. The van der Waals surface area contributed by atoms with Gasteiger partial charge in [0.2, 0.25) is 0 Å². The van der Waals surface area contributed by atoms with E-state index in [2.05, 4.69) is 42.3 Å². The molecule has 1 aromatic heterocycles. The van der Waals surface area contributed by atoms with Crippen LogP contribution in [0.1, 0.15) is 283 Å². The van der Waals surface area contributed by atoms with Crippen molar-refractivity contribution >= 4 is 0 Å². The zero-order valence-electron chi connectivity index (χ0n) is 36.0. The third kappa shape index (κ3) is 32.4. The fraction of sp³-hybridized carbons (Fsp3) is 0.939. The van der Waals surface area contributed by atoms with Crippen LogP contribution in [0.25, 0.3) is 0 Å². The van der Waals surface area contributed by atoms with Crippen LogP contribution in [0, 0.1) is 0 Å². The SMILES string of the molecule is CCCCCCCCCCCCCCCCCCn1cc[n+](CCCCCCCCCCCCC)c1CCCCCCCCCCCCCCC. The van der Waals surface area contributed by atoms with Gasteiger partial charge in [-0.1, -0.05) is 245 Å². The van der Waals surface area contributed by atoms with Gasteiger partial charge in [0.15, 0.2) is 0 Å². The van der Waals surface area contributed by atoms with Gasteiger partial charge in [0.1, 0.15) is 12.4 Å². The van der Waals surface area contributed by atoms with Gasteiger partial charge in [-0.2, -0.15) is 0 Å². The zero-order chi connectivity index (χ0) is 36.6. The first-order valence-electron chi connectivity index (χ1n) is 24.4. The maximum absolute atomic E-state index is 2.66. The summed E-state index contributed by atoms with van der Waals surface area (Å²) in [6, 6.07) is 0. The van der Waals surface area contributed by atoms with Gasteiger partial charge in [-0.3, -0.25) is 0 Å². The van der Waals surface area contributed by atoms with Crippen molar-refractivity contribution in [2.24, 2.45) is 0 Å². The molecule has 0 N–H and O–H groups in total. The van der Waals surface area contributed by atoms with Crippen LogP contribution < -0.4 is 4.57 Å². The number of imidazole rings is 1. The van der Waals surface area contributed by atoms with E-state index < -0.39 is 0 Å². The van der Waals surface area contributed by atoms with Crippen molar-refractivity contribution in [1.82, 2.24) is 4.57 Å². The monoisotopic (exact) mass is 714 g/mol. The first-order chi connectivity index (χ1) is 25.3. The van der Waals surface area contributed by atoms with Gasteiger partial charge in [0, 0.05) is 6.42 Å². The van der Waals surface area contributed by atoms with Crippen LogP contribution in [0.4, 0.5) is 0 Å². The molecule has 0 spiro atoms. The van der Waals surface area contributed by atoms with E-state index in [4.69, 9.17) is 0 Å². The number of aromatic nitrogens is 2. The largest absolute Gasteiger partial charge is 0.256 e. The van der Waals surface area contributed by atoms with Gasteiger partial charge in [-0.05, 0) is 32.1 Å². The Labute approximate surface area is 323 Å². The van der Waals surface area contributed by atoms with E-state index in [0.717, 1.165) is 0 Å². The summed E-state index contributed by atoms with van der Waals surface area (Å²) >= 11 is 0. The maximum Gasteiger partial charge on any atom is 0.256 e. The Balaban J connectivity index is 2.25. The Bertz CT molecular complexity index is 781. The van der Waals surface area contributed by atoms with Crippen molar-refractivity contribution in [3.05, 3.63) is 18.2 Å². The number of aryl methyl sites for hydroxylation is 2. The van der Waals surface area contributed by atoms with E-state index in [1.165, 1.54) is 276 Å². The van der Waals surface area contributed by atoms with Crippen LogP contribution in [-0.2, 0) is 19.5 Å². The molecular weight excluding hydrogens is 617 g/mol. The number of hydrogen-bond acceptors (Lipinski definition) is 0. The van der Waals surface area contributed by atoms with Crippen molar-refractivity contribution in [1.29, 1.82) is 0 Å². The fourth-order valence-corrected chi connectivity index (χ4v) is 8.27. The van der Waals surface area contributed by atoms with E-state index in [-0.39, 0.29) is 0 Å². The molecule has 1 rings (SSSR count). The van der Waals surface area contributed by atoms with Crippen molar-refractivity contribution in [2.45, 2.75) is 297 Å². The molecule has 0 atom stereocenters. The Morgan fingerprint density at radius 1 is 0.333 bits per heavy atom. The highest BCUT2D eigenvalue weighted by Gasteiger charge is 2.16. The molecule has 0 aliphatic carbocycles. The molecule has 2 heteroatoms. The molecule has 302 valence electrons. The summed E-state index contributed by atoms with van der Waals surface area (Å²) in [6.07, 6.45) is 63.8. The lowest BCUT2D eigenvalue weighted by molar-refractivity contribution is -0.704. The zero-order valence-corrected chi connectivity index (χ0v) is 36.0. The normalized spacial score (nSPS) is 11.7. The third-order valence-corrected chi connectivity index (χ3v) is 11.8. The lowest BCUT2D eigenvalue weighted by atomic mass is 10.0. The molecule has 0 saturated carbocycles. The lowest BCUT2D eigenvalue weighted by Gasteiger charge is -2.07. The maximum atomic E-state index is 2.66. The highest BCUT2D eigenvalue weighted by atomic mass is 15.1. The van der Waals surface area contributed by atoms with Gasteiger partial charge < -0.3 is 0 Å². The third-order valence-electron chi connectivity index (χ3n) is 11.8. The van der Waals surface area contributed by atoms with Gasteiger partial charge in [-0.25, -0.2) is 9.13 Å². The van der Waals surface area contributed by atoms with E-state index in [1.807, 2.05) is 0 Å². The molecule has 0 amide bonds. The first-order valence-corrected chi connectivity index (χ1v) is 24.4. The molecule has 0 aliphatic rings. The van der Waals surface area contributed by atoms with Crippen LogP contribution in [0.3, 0.4) is 0 Å². The minimum Gasteiger partial charge on any atom is -0.234 e. The lowest BCUT2D eigenvalue weighted by Crippen LogP contribution is -2.37. The topological polar surface area (TPSA) is 8.81 Å². The smallest absolute Gasteiger partial charge is 0.234 e. The first kappa shape index (κ1) is 48.2. The van der Waals surface area contributed by atoms with Crippen LogP contribution in [0.2, 0.25) is 0 Å². The molecule has 0 bridgehead atoms. The number of unbranched alkanes of at least 4 members (excludes halogenated alkanes) is 37. The highest BCUT2D eigenvalue weighted by Crippen LogP contribution is 2.17. The fourth-order valence-electron chi connectivity index (χ4n) is 8.27. The summed E-state index contributed by atoms with van der Waals surface area (Å²) in [5.74, 6) is 1.63. The van der Waals surface area contributed by atoms with Crippen molar-refractivity contribution in [3.63, 3.8) is 0 Å². The number of nitrogens with zero attached hydrogens (tertiary/aromatic N) is 2. The molecule has 0 fully saturated rings. The second-order valence-corrected chi connectivity index (χ2v) is 16.9. The molecule has 0 aromatic carbocycles. The molecule has 0 unspecified atom stereocenters. The Hall–Kier alpha value is -0.790. The number of hydrogen-bond donors (Lipinski definition) is 0. The summed E-state index contributed by atoms with van der Waals surface area (Å²) in [7, 11) is 0. The molecule has 1 aromatic rings. The summed E-state index contributed by atoms with van der Waals surface area (Å²) in [5.41, 5.74) is 0. The van der Waals surface area contributed by atoms with Crippen LogP contribution in [0.5, 0.6) is 0 Å². The predicted octanol–water partition coefficient (Wildman–Crippen LogP) is 17.0. The van der Waals surface area contributed by atoms with Crippen molar-refractivity contribution in [3.8, 4) is 0 Å². The van der Waals surface area contributed by atoms with E-state index in [9.17, 15) is 0 Å². The molecule has 0 saturated heterocycles. The predicted molar refractivity (Wildman–Crippen MR) is 230 cm³/mol. The van der Waals surface area contributed by atoms with Gasteiger partial charge in [0.05, 0.1) is 13.1 Å². The van der Waals surface area contributed by atoms with Crippen LogP contribution in [0.15, 0.2) is 12.4 Å². The second kappa shape index (κ2) is 40.4. The quantitative estimate of drug-likeness (QED) is 0.0471. The average molecular weight is 714 g/mol. The molecule has 2 nitrogen and oxygen atoms in total. The van der Waals surface area contributed by atoms with Crippen LogP contribution >= 0.6 is 0 Å². The van der Waals surface area contributed by atoms with Gasteiger partial charge >= 0.3 is 0 Å². The summed E-state index contributed by atoms with van der Waals surface area (Å²) < 4.78 is 5.31. The summed E-state index contributed by atoms with van der Waals surface area (Å²) in [5, 5.41) is 0.